The molecule has 0 bridgehead atoms. The SMILES string of the molecule is CNc1ccc(OC2CC3CN(C(=O)OCc4cc(Cl)cc(Cl)c4)CC3C2)cc1OC=O. The van der Waals surface area contributed by atoms with Gasteiger partial charge in [0.25, 0.3) is 6.47 Å². The molecule has 1 heterocycles. The number of amides is 1. The monoisotopic (exact) mass is 478 g/mol. The van der Waals surface area contributed by atoms with Crippen molar-refractivity contribution in [1.29, 1.82) is 0 Å². The van der Waals surface area contributed by atoms with E-state index in [9.17, 15) is 9.59 Å². The van der Waals surface area contributed by atoms with Crippen molar-refractivity contribution in [2.75, 3.05) is 25.5 Å². The molecule has 170 valence electrons. The first-order chi connectivity index (χ1) is 15.4. The highest BCUT2D eigenvalue weighted by Crippen LogP contribution is 2.40. The van der Waals surface area contributed by atoms with Gasteiger partial charge in [0.05, 0.1) is 11.8 Å². The van der Waals surface area contributed by atoms with Gasteiger partial charge in [0.15, 0.2) is 5.75 Å². The Morgan fingerprint density at radius 1 is 1.12 bits per heavy atom. The van der Waals surface area contributed by atoms with E-state index in [1.54, 1.807) is 36.2 Å². The van der Waals surface area contributed by atoms with Crippen molar-refractivity contribution in [3.63, 3.8) is 0 Å². The number of ether oxygens (including phenoxy) is 3. The van der Waals surface area contributed by atoms with E-state index in [0.717, 1.165) is 18.4 Å². The zero-order valence-corrected chi connectivity index (χ0v) is 19.1. The average Bonchev–Trinajstić information content (AvgIpc) is 3.30. The normalized spacial score (nSPS) is 21.7. The van der Waals surface area contributed by atoms with Crippen LogP contribution in [-0.2, 0) is 16.1 Å². The van der Waals surface area contributed by atoms with Crippen molar-refractivity contribution in [1.82, 2.24) is 4.90 Å². The number of carbonyl (C=O) groups excluding carboxylic acids is 2. The van der Waals surface area contributed by atoms with Crippen LogP contribution < -0.4 is 14.8 Å². The number of nitrogens with one attached hydrogen (secondary N) is 1. The van der Waals surface area contributed by atoms with Gasteiger partial charge in [-0.3, -0.25) is 4.79 Å². The lowest BCUT2D eigenvalue weighted by Crippen LogP contribution is -2.31. The molecule has 32 heavy (non-hydrogen) atoms. The summed E-state index contributed by atoms with van der Waals surface area (Å²) in [5, 5.41) is 3.99. The summed E-state index contributed by atoms with van der Waals surface area (Å²) >= 11 is 12.0. The van der Waals surface area contributed by atoms with Crippen LogP contribution >= 0.6 is 23.2 Å². The molecular weight excluding hydrogens is 455 g/mol. The van der Waals surface area contributed by atoms with Crippen LogP contribution in [0.2, 0.25) is 10.0 Å². The van der Waals surface area contributed by atoms with Gasteiger partial charge in [0, 0.05) is 36.2 Å². The summed E-state index contributed by atoms with van der Waals surface area (Å²) in [6.07, 6.45) is 1.44. The summed E-state index contributed by atoms with van der Waals surface area (Å²) in [6, 6.07) is 10.5. The van der Waals surface area contributed by atoms with Gasteiger partial charge in [-0.15, -0.1) is 0 Å². The lowest BCUT2D eigenvalue weighted by atomic mass is 10.0. The fourth-order valence-electron chi connectivity index (χ4n) is 4.54. The third kappa shape index (κ3) is 5.22. The molecule has 4 rings (SSSR count). The maximum absolute atomic E-state index is 12.5. The number of rotatable bonds is 7. The van der Waals surface area contributed by atoms with E-state index < -0.39 is 0 Å². The topological polar surface area (TPSA) is 77.1 Å². The first-order valence-electron chi connectivity index (χ1n) is 10.4. The maximum atomic E-state index is 12.5. The zero-order chi connectivity index (χ0) is 22.7. The maximum Gasteiger partial charge on any atom is 0.410 e. The fraction of sp³-hybridized carbons (Fsp3) is 0.391. The third-order valence-corrected chi connectivity index (χ3v) is 6.39. The Labute approximate surface area is 196 Å². The summed E-state index contributed by atoms with van der Waals surface area (Å²) < 4.78 is 16.6. The van der Waals surface area contributed by atoms with Crippen LogP contribution in [0.3, 0.4) is 0 Å². The second-order valence-corrected chi connectivity index (χ2v) is 8.96. The number of halogens is 2. The van der Waals surface area contributed by atoms with Gasteiger partial charge in [0.2, 0.25) is 0 Å². The quantitative estimate of drug-likeness (QED) is 0.564. The number of hydrogen-bond donors (Lipinski definition) is 1. The molecule has 2 aromatic carbocycles. The second kappa shape index (κ2) is 9.88. The first kappa shape index (κ1) is 22.6. The Morgan fingerprint density at radius 3 is 2.44 bits per heavy atom. The number of fused-ring (bicyclic) bond motifs is 1. The molecule has 1 saturated carbocycles. The molecule has 1 aliphatic carbocycles. The number of carbonyl (C=O) groups is 2. The molecule has 2 atom stereocenters. The summed E-state index contributed by atoms with van der Waals surface area (Å²) in [5.41, 5.74) is 1.47. The van der Waals surface area contributed by atoms with Crippen molar-refractivity contribution in [3.05, 3.63) is 52.0 Å². The Kier molecular flexibility index (Phi) is 6.96. The van der Waals surface area contributed by atoms with Crippen molar-refractivity contribution >= 4 is 41.5 Å². The van der Waals surface area contributed by atoms with Crippen molar-refractivity contribution < 1.29 is 23.8 Å². The van der Waals surface area contributed by atoms with Gasteiger partial charge < -0.3 is 24.4 Å². The highest BCUT2D eigenvalue weighted by atomic mass is 35.5. The molecule has 2 aliphatic rings. The van der Waals surface area contributed by atoms with E-state index in [2.05, 4.69) is 5.32 Å². The zero-order valence-electron chi connectivity index (χ0n) is 17.6. The molecule has 7 nitrogen and oxygen atoms in total. The number of anilines is 1. The largest absolute Gasteiger partial charge is 0.490 e. The molecule has 2 fully saturated rings. The van der Waals surface area contributed by atoms with Crippen LogP contribution in [0.1, 0.15) is 18.4 Å². The highest BCUT2D eigenvalue weighted by Gasteiger charge is 2.43. The fourth-order valence-corrected chi connectivity index (χ4v) is 5.12. The molecule has 2 unspecified atom stereocenters. The Bertz CT molecular complexity index is 968. The van der Waals surface area contributed by atoms with Crippen LogP contribution in [0.5, 0.6) is 11.5 Å². The van der Waals surface area contributed by atoms with Crippen molar-refractivity contribution in [2.45, 2.75) is 25.6 Å². The lowest BCUT2D eigenvalue weighted by molar-refractivity contribution is -0.120. The Hall–Kier alpha value is -2.64. The number of likely N-dealkylation sites (tertiary alicyclic amines) is 1. The van der Waals surface area contributed by atoms with Crippen molar-refractivity contribution in [3.8, 4) is 11.5 Å². The van der Waals surface area contributed by atoms with E-state index in [4.69, 9.17) is 37.4 Å². The summed E-state index contributed by atoms with van der Waals surface area (Å²) in [4.78, 5) is 25.0. The Balaban J connectivity index is 1.28. The molecule has 1 N–H and O–H groups in total. The molecule has 0 aromatic heterocycles. The molecule has 1 saturated heterocycles. The van der Waals surface area contributed by atoms with Gasteiger partial charge in [-0.2, -0.15) is 0 Å². The van der Waals surface area contributed by atoms with Gasteiger partial charge >= 0.3 is 6.09 Å². The van der Waals surface area contributed by atoms with Crippen LogP contribution in [0.15, 0.2) is 36.4 Å². The molecule has 1 amide bonds. The van der Waals surface area contributed by atoms with Crippen molar-refractivity contribution in [2.24, 2.45) is 11.8 Å². The molecule has 0 radical (unpaired) electrons. The van der Waals surface area contributed by atoms with E-state index in [1.807, 2.05) is 12.1 Å². The smallest absolute Gasteiger partial charge is 0.410 e. The minimum atomic E-state index is -0.328. The van der Waals surface area contributed by atoms with Gasteiger partial charge in [0.1, 0.15) is 12.4 Å². The first-order valence-corrected chi connectivity index (χ1v) is 11.2. The molecule has 9 heteroatoms. The van der Waals surface area contributed by atoms with Gasteiger partial charge in [-0.25, -0.2) is 4.79 Å². The lowest BCUT2D eigenvalue weighted by Gasteiger charge is -2.20. The average molecular weight is 479 g/mol. The standard InChI is InChI=1S/C23H24Cl2N2O5/c1-26-21-3-2-19(9-22(21)31-13-28)32-20-6-15-10-27(11-16(15)7-20)23(29)30-12-14-4-17(24)8-18(25)5-14/h2-5,8-9,13,15-16,20,26H,6-7,10-12H2,1H3. The molecule has 2 aromatic rings. The van der Waals surface area contributed by atoms with Crippen LogP contribution in [0.4, 0.5) is 10.5 Å². The van der Waals surface area contributed by atoms with Crippen LogP contribution in [0.25, 0.3) is 0 Å². The van der Waals surface area contributed by atoms with Crippen LogP contribution in [-0.4, -0.2) is 43.7 Å². The molecule has 0 spiro atoms. The minimum absolute atomic E-state index is 0.0567. The predicted octanol–water partition coefficient (Wildman–Crippen LogP) is 5.00. The molecule has 1 aliphatic heterocycles. The summed E-state index contributed by atoms with van der Waals surface area (Å²) in [5.74, 6) is 1.82. The summed E-state index contributed by atoms with van der Waals surface area (Å²) in [7, 11) is 1.76. The number of benzene rings is 2. The van der Waals surface area contributed by atoms with E-state index in [0.29, 0.717) is 58.6 Å². The number of nitrogens with zero attached hydrogens (tertiary/aromatic N) is 1. The minimum Gasteiger partial charge on any atom is -0.490 e. The van der Waals surface area contributed by atoms with E-state index in [-0.39, 0.29) is 18.8 Å². The van der Waals surface area contributed by atoms with Gasteiger partial charge in [-0.05, 0) is 60.6 Å². The molecular formula is C23H24Cl2N2O5. The van der Waals surface area contributed by atoms with E-state index >= 15 is 0 Å². The van der Waals surface area contributed by atoms with E-state index in [1.165, 1.54) is 0 Å². The summed E-state index contributed by atoms with van der Waals surface area (Å²) in [6.45, 7) is 1.83. The predicted molar refractivity (Wildman–Crippen MR) is 122 cm³/mol. The van der Waals surface area contributed by atoms with Crippen LogP contribution in [0, 0.1) is 11.8 Å². The number of hydrogen-bond acceptors (Lipinski definition) is 6. The Morgan fingerprint density at radius 2 is 1.81 bits per heavy atom. The van der Waals surface area contributed by atoms with Gasteiger partial charge in [-0.1, -0.05) is 23.2 Å². The second-order valence-electron chi connectivity index (χ2n) is 8.09. The highest BCUT2D eigenvalue weighted by molar-refractivity contribution is 6.34. The third-order valence-electron chi connectivity index (χ3n) is 5.95.